The van der Waals surface area contributed by atoms with E-state index in [0.717, 1.165) is 25.3 Å². The summed E-state index contributed by atoms with van der Waals surface area (Å²) in [5.41, 5.74) is 1.56. The van der Waals surface area contributed by atoms with Crippen molar-refractivity contribution in [2.45, 2.75) is 31.9 Å². The van der Waals surface area contributed by atoms with Gasteiger partial charge in [0.2, 0.25) is 5.88 Å². The summed E-state index contributed by atoms with van der Waals surface area (Å²) >= 11 is 0. The Kier molecular flexibility index (Phi) is 3.57. The molecule has 0 bridgehead atoms. The first kappa shape index (κ1) is 13.9. The highest BCUT2D eigenvalue weighted by atomic mass is 19.4. The van der Waals surface area contributed by atoms with Crippen molar-refractivity contribution in [2.24, 2.45) is 0 Å². The summed E-state index contributed by atoms with van der Waals surface area (Å²) in [6, 6.07) is 9.32. The van der Waals surface area contributed by atoms with E-state index in [-0.39, 0.29) is 5.88 Å². The van der Waals surface area contributed by atoms with Gasteiger partial charge in [0, 0.05) is 6.07 Å². The van der Waals surface area contributed by atoms with Crippen LogP contribution in [0, 0.1) is 0 Å². The molecule has 1 aliphatic carbocycles. The number of nitrogens with zero attached hydrogens (tertiary/aromatic N) is 1. The lowest BCUT2D eigenvalue weighted by molar-refractivity contribution is -0.141. The number of hydrogen-bond acceptors (Lipinski definition) is 2. The van der Waals surface area contributed by atoms with E-state index in [9.17, 15) is 13.2 Å². The smallest absolute Gasteiger partial charge is 0.433 e. The molecule has 0 saturated carbocycles. The van der Waals surface area contributed by atoms with Crippen LogP contribution in [0.1, 0.15) is 29.7 Å². The average molecular weight is 293 g/mol. The number of halogens is 3. The molecule has 1 aliphatic rings. The Hall–Kier alpha value is -2.04. The molecule has 0 amide bonds. The molecule has 110 valence electrons. The van der Waals surface area contributed by atoms with Crippen molar-refractivity contribution in [3.8, 4) is 11.6 Å². The molecule has 2 nitrogen and oxygen atoms in total. The number of ether oxygens (including phenoxy) is 1. The fourth-order valence-electron chi connectivity index (χ4n) is 2.52. The molecule has 1 heterocycles. The van der Waals surface area contributed by atoms with E-state index in [1.165, 1.54) is 29.7 Å². The molecule has 0 N–H and O–H groups in total. The van der Waals surface area contributed by atoms with E-state index in [2.05, 4.69) is 4.98 Å². The van der Waals surface area contributed by atoms with Crippen molar-refractivity contribution in [3.63, 3.8) is 0 Å². The van der Waals surface area contributed by atoms with Crippen LogP contribution >= 0.6 is 0 Å². The normalized spacial score (nSPS) is 14.6. The fourth-order valence-corrected chi connectivity index (χ4v) is 2.52. The number of aryl methyl sites for hydroxylation is 2. The maximum atomic E-state index is 12.6. The second kappa shape index (κ2) is 5.39. The lowest BCUT2D eigenvalue weighted by Gasteiger charge is -2.16. The standard InChI is InChI=1S/C16H14F3NO/c17-16(18,19)14-6-3-7-15(20-14)21-13-9-8-11-4-1-2-5-12(11)10-13/h3,6-10H,1-2,4-5H2. The largest absolute Gasteiger partial charge is 0.439 e. The van der Waals surface area contributed by atoms with Gasteiger partial charge in [0.1, 0.15) is 11.4 Å². The molecule has 1 aromatic heterocycles. The molecule has 3 rings (SSSR count). The molecule has 0 saturated heterocycles. The predicted octanol–water partition coefficient (Wildman–Crippen LogP) is 4.77. The number of benzene rings is 1. The van der Waals surface area contributed by atoms with Gasteiger partial charge in [-0.1, -0.05) is 12.1 Å². The molecule has 1 aromatic carbocycles. The highest BCUT2D eigenvalue weighted by Crippen LogP contribution is 2.31. The molecule has 0 radical (unpaired) electrons. The van der Waals surface area contributed by atoms with Gasteiger partial charge >= 0.3 is 6.18 Å². The SMILES string of the molecule is FC(F)(F)c1cccc(Oc2ccc3c(c2)CCCC3)n1. The van der Waals surface area contributed by atoms with Gasteiger partial charge in [-0.05, 0) is 55.0 Å². The van der Waals surface area contributed by atoms with Gasteiger partial charge in [-0.25, -0.2) is 4.98 Å². The number of aromatic nitrogens is 1. The van der Waals surface area contributed by atoms with E-state index < -0.39 is 11.9 Å². The number of pyridine rings is 1. The maximum Gasteiger partial charge on any atom is 0.433 e. The topological polar surface area (TPSA) is 22.1 Å². The van der Waals surface area contributed by atoms with Crippen LogP contribution in [-0.2, 0) is 19.0 Å². The van der Waals surface area contributed by atoms with Crippen molar-refractivity contribution in [1.82, 2.24) is 4.98 Å². The summed E-state index contributed by atoms with van der Waals surface area (Å²) in [6.45, 7) is 0. The summed E-state index contributed by atoms with van der Waals surface area (Å²) in [5, 5.41) is 0. The fraction of sp³-hybridized carbons (Fsp3) is 0.312. The summed E-state index contributed by atoms with van der Waals surface area (Å²) in [4.78, 5) is 3.50. The van der Waals surface area contributed by atoms with Gasteiger partial charge in [0.15, 0.2) is 0 Å². The van der Waals surface area contributed by atoms with Gasteiger partial charge in [-0.15, -0.1) is 0 Å². The molecule has 2 aromatic rings. The molecule has 0 aliphatic heterocycles. The number of alkyl halides is 3. The van der Waals surface area contributed by atoms with Crippen LogP contribution in [0.3, 0.4) is 0 Å². The Morgan fingerprint density at radius 2 is 1.71 bits per heavy atom. The van der Waals surface area contributed by atoms with Crippen LogP contribution < -0.4 is 4.74 Å². The third kappa shape index (κ3) is 3.17. The van der Waals surface area contributed by atoms with Gasteiger partial charge in [-0.2, -0.15) is 13.2 Å². The summed E-state index contributed by atoms with van der Waals surface area (Å²) in [5.74, 6) is 0.489. The van der Waals surface area contributed by atoms with E-state index in [1.807, 2.05) is 12.1 Å². The molecular weight excluding hydrogens is 279 g/mol. The summed E-state index contributed by atoms with van der Waals surface area (Å²) in [6.07, 6.45) is -0.101. The van der Waals surface area contributed by atoms with Crippen molar-refractivity contribution in [2.75, 3.05) is 0 Å². The van der Waals surface area contributed by atoms with Gasteiger partial charge < -0.3 is 4.74 Å². The Balaban J connectivity index is 1.83. The van der Waals surface area contributed by atoms with Crippen LogP contribution in [-0.4, -0.2) is 4.98 Å². The number of rotatable bonds is 2. The lowest BCUT2D eigenvalue weighted by Crippen LogP contribution is -2.08. The van der Waals surface area contributed by atoms with Crippen molar-refractivity contribution >= 4 is 0 Å². The van der Waals surface area contributed by atoms with Crippen LogP contribution in [0.15, 0.2) is 36.4 Å². The third-order valence-electron chi connectivity index (χ3n) is 3.56. The second-order valence-electron chi connectivity index (χ2n) is 5.10. The maximum absolute atomic E-state index is 12.6. The van der Waals surface area contributed by atoms with E-state index >= 15 is 0 Å². The highest BCUT2D eigenvalue weighted by Gasteiger charge is 2.32. The van der Waals surface area contributed by atoms with Gasteiger partial charge in [0.25, 0.3) is 0 Å². The molecule has 5 heteroatoms. The summed E-state index contributed by atoms with van der Waals surface area (Å²) < 4.78 is 43.3. The van der Waals surface area contributed by atoms with Crippen molar-refractivity contribution in [1.29, 1.82) is 0 Å². The molecule has 21 heavy (non-hydrogen) atoms. The quantitative estimate of drug-likeness (QED) is 0.795. The minimum absolute atomic E-state index is 0.0411. The molecular formula is C16H14F3NO. The van der Waals surface area contributed by atoms with Crippen LogP contribution in [0.2, 0.25) is 0 Å². The molecule has 0 atom stereocenters. The first-order valence-electron chi connectivity index (χ1n) is 6.86. The van der Waals surface area contributed by atoms with Gasteiger partial charge in [0.05, 0.1) is 0 Å². The van der Waals surface area contributed by atoms with Crippen molar-refractivity contribution in [3.05, 3.63) is 53.2 Å². The Morgan fingerprint density at radius 3 is 2.48 bits per heavy atom. The molecule has 0 fully saturated rings. The first-order chi connectivity index (χ1) is 10.0. The summed E-state index contributed by atoms with van der Waals surface area (Å²) in [7, 11) is 0. The zero-order valence-corrected chi connectivity index (χ0v) is 11.3. The Bertz CT molecular complexity index is 652. The Morgan fingerprint density at radius 1 is 0.952 bits per heavy atom. The molecule has 0 unspecified atom stereocenters. The molecule has 0 spiro atoms. The minimum atomic E-state index is -4.46. The monoisotopic (exact) mass is 293 g/mol. The Labute approximate surface area is 120 Å². The van der Waals surface area contributed by atoms with Crippen LogP contribution in [0.4, 0.5) is 13.2 Å². The highest BCUT2D eigenvalue weighted by molar-refractivity contribution is 5.38. The second-order valence-corrected chi connectivity index (χ2v) is 5.10. The first-order valence-corrected chi connectivity index (χ1v) is 6.86. The number of fused-ring (bicyclic) bond motifs is 1. The van der Waals surface area contributed by atoms with Crippen LogP contribution in [0.5, 0.6) is 11.6 Å². The van der Waals surface area contributed by atoms with E-state index in [1.54, 1.807) is 6.07 Å². The minimum Gasteiger partial charge on any atom is -0.439 e. The van der Waals surface area contributed by atoms with Crippen molar-refractivity contribution < 1.29 is 17.9 Å². The number of hydrogen-bond donors (Lipinski definition) is 0. The van der Waals surface area contributed by atoms with Crippen LogP contribution in [0.25, 0.3) is 0 Å². The average Bonchev–Trinajstić information content (AvgIpc) is 2.46. The zero-order chi connectivity index (χ0) is 14.9. The van der Waals surface area contributed by atoms with E-state index in [4.69, 9.17) is 4.74 Å². The lowest BCUT2D eigenvalue weighted by atomic mass is 9.92. The van der Waals surface area contributed by atoms with E-state index in [0.29, 0.717) is 5.75 Å². The third-order valence-corrected chi connectivity index (χ3v) is 3.56. The predicted molar refractivity (Wildman–Crippen MR) is 72.4 cm³/mol. The zero-order valence-electron chi connectivity index (χ0n) is 11.3. The van der Waals surface area contributed by atoms with Gasteiger partial charge in [-0.3, -0.25) is 0 Å².